The van der Waals surface area contributed by atoms with E-state index in [9.17, 15) is 13.2 Å². The van der Waals surface area contributed by atoms with Crippen LogP contribution in [0.3, 0.4) is 0 Å². The monoisotopic (exact) mass is 437 g/mol. The number of sulfone groups is 1. The Morgan fingerprint density at radius 3 is 2.45 bits per heavy atom. The minimum Gasteiger partial charge on any atom is -0.372 e. The fourth-order valence-corrected chi connectivity index (χ4v) is 7.70. The molecule has 8 heteroatoms. The molecule has 160 valence electrons. The quantitative estimate of drug-likeness (QED) is 0.718. The van der Waals surface area contributed by atoms with Gasteiger partial charge in [0.25, 0.3) is 5.91 Å². The van der Waals surface area contributed by atoms with Crippen LogP contribution < -0.4 is 9.80 Å². The Bertz CT molecular complexity index is 931. The zero-order chi connectivity index (χ0) is 21.6. The summed E-state index contributed by atoms with van der Waals surface area (Å²) in [5.74, 6) is 0.0493. The van der Waals surface area contributed by atoms with Crippen LogP contribution in [0.4, 0.5) is 11.4 Å². The molecule has 2 saturated heterocycles. The summed E-state index contributed by atoms with van der Waals surface area (Å²) in [6.07, 6.45) is 0. The van der Waals surface area contributed by atoms with E-state index in [0.29, 0.717) is 5.17 Å². The number of rotatable bonds is 4. The standard InChI is InChI=1S/C21H31N3O3S2/c1-7-23(8-2)15-9-10-16(14(3)11-15)24-17-12-29(26,27)13-18(17)28-20(24)22-19(25)21(4,5)6/h9-11,17-18H,7-8,12-13H2,1-6H3. The topological polar surface area (TPSA) is 70.0 Å². The van der Waals surface area contributed by atoms with Crippen molar-refractivity contribution in [2.75, 3.05) is 34.4 Å². The molecule has 6 nitrogen and oxygen atoms in total. The van der Waals surface area contributed by atoms with Crippen molar-refractivity contribution < 1.29 is 13.2 Å². The lowest BCUT2D eigenvalue weighted by Gasteiger charge is -2.28. The van der Waals surface area contributed by atoms with Crippen molar-refractivity contribution in [1.82, 2.24) is 0 Å². The zero-order valence-corrected chi connectivity index (χ0v) is 19.7. The summed E-state index contributed by atoms with van der Waals surface area (Å²) in [6.45, 7) is 13.7. The van der Waals surface area contributed by atoms with Gasteiger partial charge in [-0.05, 0) is 44.5 Å². The molecule has 1 amide bonds. The maximum atomic E-state index is 12.6. The zero-order valence-electron chi connectivity index (χ0n) is 18.1. The highest BCUT2D eigenvalue weighted by Crippen LogP contribution is 2.42. The highest BCUT2D eigenvalue weighted by molar-refractivity contribution is 8.16. The second kappa shape index (κ2) is 7.95. The molecule has 0 saturated carbocycles. The molecule has 2 unspecified atom stereocenters. The maximum Gasteiger partial charge on any atom is 0.253 e. The van der Waals surface area contributed by atoms with Gasteiger partial charge in [0, 0.05) is 35.1 Å². The van der Waals surface area contributed by atoms with Gasteiger partial charge < -0.3 is 9.80 Å². The Labute approximate surface area is 178 Å². The van der Waals surface area contributed by atoms with E-state index in [1.807, 2.05) is 38.7 Å². The average molecular weight is 438 g/mol. The molecule has 1 aromatic rings. The van der Waals surface area contributed by atoms with Crippen molar-refractivity contribution >= 4 is 44.0 Å². The van der Waals surface area contributed by atoms with Crippen LogP contribution in [0.2, 0.25) is 0 Å². The molecule has 3 rings (SSSR count). The number of benzene rings is 1. The third kappa shape index (κ3) is 4.48. The Kier molecular flexibility index (Phi) is 6.07. The van der Waals surface area contributed by atoms with Crippen LogP contribution in [-0.4, -0.2) is 55.4 Å². The van der Waals surface area contributed by atoms with Gasteiger partial charge in [-0.2, -0.15) is 4.99 Å². The summed E-state index contributed by atoms with van der Waals surface area (Å²) in [5, 5.41) is 0.530. The van der Waals surface area contributed by atoms with Crippen molar-refractivity contribution in [3.05, 3.63) is 23.8 Å². The smallest absolute Gasteiger partial charge is 0.253 e. The molecular weight excluding hydrogens is 406 g/mol. The van der Waals surface area contributed by atoms with Crippen LogP contribution >= 0.6 is 11.8 Å². The summed E-state index contributed by atoms with van der Waals surface area (Å²) >= 11 is 1.42. The summed E-state index contributed by atoms with van der Waals surface area (Å²) in [6, 6.07) is 6.05. The van der Waals surface area contributed by atoms with Crippen molar-refractivity contribution in [1.29, 1.82) is 0 Å². The van der Waals surface area contributed by atoms with E-state index in [2.05, 4.69) is 35.9 Å². The van der Waals surface area contributed by atoms with Crippen LogP contribution in [-0.2, 0) is 14.6 Å². The number of fused-ring (bicyclic) bond motifs is 1. The van der Waals surface area contributed by atoms with E-state index in [4.69, 9.17) is 0 Å². The molecule has 2 fully saturated rings. The van der Waals surface area contributed by atoms with Gasteiger partial charge in [0.15, 0.2) is 15.0 Å². The number of carbonyl (C=O) groups excluding carboxylic acids is 1. The third-order valence-electron chi connectivity index (χ3n) is 5.47. The van der Waals surface area contributed by atoms with E-state index in [-0.39, 0.29) is 28.7 Å². The first-order chi connectivity index (χ1) is 13.5. The number of anilines is 2. The summed E-state index contributed by atoms with van der Waals surface area (Å²) < 4.78 is 24.5. The lowest BCUT2D eigenvalue weighted by Crippen LogP contribution is -2.38. The summed E-state index contributed by atoms with van der Waals surface area (Å²) in [7, 11) is -3.08. The van der Waals surface area contributed by atoms with Crippen molar-refractivity contribution in [2.45, 2.75) is 52.8 Å². The van der Waals surface area contributed by atoms with Gasteiger partial charge in [0.05, 0.1) is 17.5 Å². The molecule has 0 aromatic heterocycles. The normalized spacial score (nSPS) is 24.8. The van der Waals surface area contributed by atoms with E-state index in [1.54, 1.807) is 0 Å². The molecule has 29 heavy (non-hydrogen) atoms. The van der Waals surface area contributed by atoms with Gasteiger partial charge in [0.1, 0.15) is 0 Å². The van der Waals surface area contributed by atoms with E-state index >= 15 is 0 Å². The number of thioether (sulfide) groups is 1. The second-order valence-corrected chi connectivity index (χ2v) is 12.1. The Hall–Kier alpha value is -1.54. The number of nitrogens with zero attached hydrogens (tertiary/aromatic N) is 3. The summed E-state index contributed by atoms with van der Waals surface area (Å²) in [4.78, 5) is 21.3. The first-order valence-corrected chi connectivity index (χ1v) is 12.8. The molecule has 2 aliphatic heterocycles. The number of aliphatic imine (C=N–C) groups is 1. The lowest BCUT2D eigenvalue weighted by molar-refractivity contribution is -0.124. The number of aryl methyl sites for hydroxylation is 1. The Balaban J connectivity index is 2.04. The van der Waals surface area contributed by atoms with Gasteiger partial charge in [-0.3, -0.25) is 4.79 Å². The molecule has 0 N–H and O–H groups in total. The number of carbonyl (C=O) groups is 1. The highest BCUT2D eigenvalue weighted by atomic mass is 32.2. The Morgan fingerprint density at radius 2 is 1.90 bits per heavy atom. The molecule has 1 aromatic carbocycles. The van der Waals surface area contributed by atoms with Gasteiger partial charge >= 0.3 is 0 Å². The second-order valence-electron chi connectivity index (χ2n) is 8.76. The first-order valence-electron chi connectivity index (χ1n) is 10.1. The predicted molar refractivity (Wildman–Crippen MR) is 123 cm³/mol. The average Bonchev–Trinajstić information content (AvgIpc) is 3.06. The molecular formula is C21H31N3O3S2. The molecule has 2 heterocycles. The molecule has 2 aliphatic rings. The first kappa shape index (κ1) is 22.2. The number of amidine groups is 1. The van der Waals surface area contributed by atoms with Crippen LogP contribution in [0.15, 0.2) is 23.2 Å². The van der Waals surface area contributed by atoms with Crippen molar-refractivity contribution in [3.8, 4) is 0 Å². The van der Waals surface area contributed by atoms with E-state index in [1.165, 1.54) is 11.8 Å². The number of hydrogen-bond donors (Lipinski definition) is 0. The molecule has 0 radical (unpaired) electrons. The minimum atomic E-state index is -3.08. The lowest BCUT2D eigenvalue weighted by atomic mass is 9.96. The van der Waals surface area contributed by atoms with Crippen LogP contribution in [0.25, 0.3) is 0 Å². The number of hydrogen-bond acceptors (Lipinski definition) is 5. The number of amides is 1. The van der Waals surface area contributed by atoms with E-state index in [0.717, 1.165) is 30.0 Å². The third-order valence-corrected chi connectivity index (χ3v) is 8.68. The van der Waals surface area contributed by atoms with E-state index < -0.39 is 15.3 Å². The maximum absolute atomic E-state index is 12.6. The Morgan fingerprint density at radius 1 is 1.24 bits per heavy atom. The van der Waals surface area contributed by atoms with Crippen LogP contribution in [0.1, 0.15) is 40.2 Å². The van der Waals surface area contributed by atoms with Gasteiger partial charge in [0.2, 0.25) is 0 Å². The van der Waals surface area contributed by atoms with Crippen molar-refractivity contribution in [2.24, 2.45) is 10.4 Å². The minimum absolute atomic E-state index is 0.0895. The van der Waals surface area contributed by atoms with Gasteiger partial charge in [-0.15, -0.1) is 0 Å². The van der Waals surface area contributed by atoms with Gasteiger partial charge in [-0.1, -0.05) is 32.5 Å². The highest BCUT2D eigenvalue weighted by Gasteiger charge is 2.49. The summed E-state index contributed by atoms with van der Waals surface area (Å²) in [5.41, 5.74) is 2.54. The van der Waals surface area contributed by atoms with Crippen molar-refractivity contribution in [3.63, 3.8) is 0 Å². The van der Waals surface area contributed by atoms with Gasteiger partial charge in [-0.25, -0.2) is 8.42 Å². The fourth-order valence-electron chi connectivity index (χ4n) is 3.80. The SMILES string of the molecule is CCN(CC)c1ccc(N2C(=NC(=O)C(C)(C)C)SC3CS(=O)(=O)CC32)c(C)c1. The molecule has 2 atom stereocenters. The molecule has 0 aliphatic carbocycles. The van der Waals surface area contributed by atoms with Crippen LogP contribution in [0.5, 0.6) is 0 Å². The largest absolute Gasteiger partial charge is 0.372 e. The molecule has 0 bridgehead atoms. The fraction of sp³-hybridized carbons (Fsp3) is 0.619. The molecule has 0 spiro atoms. The van der Waals surface area contributed by atoms with Crippen LogP contribution in [0, 0.1) is 12.3 Å². The predicted octanol–water partition coefficient (Wildman–Crippen LogP) is 3.49.